The zero-order valence-corrected chi connectivity index (χ0v) is 21.3. The van der Waals surface area contributed by atoms with Crippen LogP contribution in [-0.4, -0.2) is 22.5 Å². The lowest BCUT2D eigenvalue weighted by Gasteiger charge is -2.61. The molecule has 4 heteroatoms. The van der Waals surface area contributed by atoms with Crippen LogP contribution in [0.5, 0.6) is 0 Å². The van der Waals surface area contributed by atoms with Gasteiger partial charge in [0.25, 0.3) is 0 Å². The highest BCUT2D eigenvalue weighted by atomic mass is 29.6. The molecule has 4 rings (SSSR count). The summed E-state index contributed by atoms with van der Waals surface area (Å²) in [5.41, 5.74) is 1.09. The van der Waals surface area contributed by atoms with E-state index in [9.17, 15) is 0 Å². The number of hydrogen-bond acceptors (Lipinski definition) is 1. The van der Waals surface area contributed by atoms with Gasteiger partial charge in [0.2, 0.25) is 7.83 Å². The van der Waals surface area contributed by atoms with Crippen molar-refractivity contribution in [1.29, 1.82) is 0 Å². The standard InChI is InChI=1S/C25H32OSi3/c1-25(22-15-9-6-10-16-22)21-28(4,23-17-11-7-12-18-23)27(2,3)29(5,26-25)24-19-13-8-14-20-24/h6-20H,21H2,1-5H3. The van der Waals surface area contributed by atoms with Crippen molar-refractivity contribution in [3.63, 3.8) is 0 Å². The highest BCUT2D eigenvalue weighted by molar-refractivity contribution is 7.72. The molecule has 0 saturated carbocycles. The van der Waals surface area contributed by atoms with Gasteiger partial charge in [-0.05, 0) is 30.3 Å². The fourth-order valence-corrected chi connectivity index (χ4v) is 39.2. The van der Waals surface area contributed by atoms with Gasteiger partial charge in [-0.15, -0.1) is 0 Å². The van der Waals surface area contributed by atoms with Crippen LogP contribution in [0.1, 0.15) is 12.5 Å². The first kappa shape index (κ1) is 20.5. The fraction of sp³-hybridized carbons (Fsp3) is 0.280. The Balaban J connectivity index is 1.97. The highest BCUT2D eigenvalue weighted by Crippen LogP contribution is 2.48. The summed E-state index contributed by atoms with van der Waals surface area (Å²) < 4.78 is 7.40. The normalized spacial score (nSPS) is 31.3. The number of rotatable bonds is 3. The molecule has 3 aromatic carbocycles. The van der Waals surface area contributed by atoms with Crippen LogP contribution in [0.4, 0.5) is 0 Å². The van der Waals surface area contributed by atoms with E-state index in [1.165, 1.54) is 10.8 Å². The van der Waals surface area contributed by atoms with Gasteiger partial charge in [-0.2, -0.15) is 0 Å². The molecular weight excluding hydrogens is 401 g/mol. The second-order valence-electron chi connectivity index (χ2n) is 9.60. The van der Waals surface area contributed by atoms with Crippen molar-refractivity contribution in [3.05, 3.63) is 96.6 Å². The molecule has 3 unspecified atom stereocenters. The van der Waals surface area contributed by atoms with Crippen molar-refractivity contribution in [2.24, 2.45) is 0 Å². The monoisotopic (exact) mass is 432 g/mol. The first-order valence-electron chi connectivity index (χ1n) is 10.6. The van der Waals surface area contributed by atoms with E-state index in [1.54, 1.807) is 5.19 Å². The van der Waals surface area contributed by atoms with Crippen LogP contribution >= 0.6 is 0 Å². The summed E-state index contributed by atoms with van der Waals surface area (Å²) in [6, 6.07) is 34.7. The third kappa shape index (κ3) is 3.13. The van der Waals surface area contributed by atoms with Crippen LogP contribution in [0, 0.1) is 0 Å². The second kappa shape index (κ2) is 7.20. The summed E-state index contributed by atoms with van der Waals surface area (Å²) in [5, 5.41) is 3.07. The maximum absolute atomic E-state index is 7.40. The molecule has 150 valence electrons. The van der Waals surface area contributed by atoms with Gasteiger partial charge < -0.3 is 4.43 Å². The van der Waals surface area contributed by atoms with Crippen LogP contribution in [-0.2, 0) is 10.0 Å². The summed E-state index contributed by atoms with van der Waals surface area (Å²) in [6.07, 6.45) is 0. The molecule has 29 heavy (non-hydrogen) atoms. The van der Waals surface area contributed by atoms with Crippen molar-refractivity contribution in [2.75, 3.05) is 0 Å². The molecule has 0 aliphatic carbocycles. The molecule has 0 radical (unpaired) electrons. The Bertz CT molecular complexity index is 917. The van der Waals surface area contributed by atoms with Gasteiger partial charge in [0, 0.05) is 0 Å². The van der Waals surface area contributed by atoms with Crippen LogP contribution in [0.3, 0.4) is 0 Å². The topological polar surface area (TPSA) is 9.23 Å². The summed E-state index contributed by atoms with van der Waals surface area (Å²) >= 11 is 0. The zero-order chi connectivity index (χ0) is 20.8. The predicted molar refractivity (Wildman–Crippen MR) is 133 cm³/mol. The Morgan fingerprint density at radius 2 is 1.10 bits per heavy atom. The molecule has 1 heterocycles. The summed E-state index contributed by atoms with van der Waals surface area (Å²) in [7, 11) is -5.72. The van der Waals surface area contributed by atoms with Gasteiger partial charge in [-0.25, -0.2) is 0 Å². The van der Waals surface area contributed by atoms with E-state index in [1.807, 2.05) is 0 Å². The summed E-state index contributed by atoms with van der Waals surface area (Å²) in [6.45, 7) is 12.8. The first-order chi connectivity index (χ1) is 13.7. The van der Waals surface area contributed by atoms with Gasteiger partial charge in [0.15, 0.2) is 0 Å². The Hall–Kier alpha value is -1.73. The third-order valence-corrected chi connectivity index (χ3v) is 45.5. The van der Waals surface area contributed by atoms with Gasteiger partial charge in [0.1, 0.15) is 0 Å². The fourth-order valence-electron chi connectivity index (χ4n) is 5.43. The van der Waals surface area contributed by atoms with E-state index in [2.05, 4.69) is 124 Å². The van der Waals surface area contributed by atoms with Crippen molar-refractivity contribution in [3.8, 4) is 0 Å². The predicted octanol–water partition coefficient (Wildman–Crippen LogP) is 5.27. The Labute approximate surface area is 178 Å². The van der Waals surface area contributed by atoms with Crippen molar-refractivity contribution >= 4 is 32.9 Å². The average Bonchev–Trinajstić information content (AvgIpc) is 2.74. The molecule has 0 spiro atoms. The third-order valence-electron chi connectivity index (χ3n) is 7.81. The molecule has 3 atom stereocenters. The van der Waals surface area contributed by atoms with Crippen LogP contribution in [0.2, 0.25) is 32.2 Å². The molecule has 1 saturated heterocycles. The van der Waals surface area contributed by atoms with Gasteiger partial charge in [0.05, 0.1) is 20.3 Å². The summed E-state index contributed by atoms with van der Waals surface area (Å²) in [4.78, 5) is 0. The maximum Gasteiger partial charge on any atom is 0.205 e. The minimum Gasteiger partial charge on any atom is -0.407 e. The van der Waals surface area contributed by atoms with E-state index < -0.39 is 22.5 Å². The molecule has 1 aliphatic heterocycles. The molecule has 0 amide bonds. The average molecular weight is 433 g/mol. The largest absolute Gasteiger partial charge is 0.407 e. The molecule has 0 N–H and O–H groups in total. The SMILES string of the molecule is CC1(c2ccccc2)C[Si](C)(c2ccccc2)[Si](C)(C)[Si](C)(c2ccccc2)O1. The lowest BCUT2D eigenvalue weighted by molar-refractivity contribution is 0.102. The molecule has 0 aromatic heterocycles. The van der Waals surface area contributed by atoms with Gasteiger partial charge >= 0.3 is 0 Å². The Morgan fingerprint density at radius 1 is 0.655 bits per heavy atom. The molecule has 1 aliphatic rings. The quantitative estimate of drug-likeness (QED) is 0.513. The zero-order valence-electron chi connectivity index (χ0n) is 18.3. The van der Waals surface area contributed by atoms with Crippen LogP contribution < -0.4 is 10.4 Å². The minimum atomic E-state index is -2.18. The van der Waals surface area contributed by atoms with Crippen LogP contribution in [0.15, 0.2) is 91.0 Å². The van der Waals surface area contributed by atoms with Crippen molar-refractivity contribution in [1.82, 2.24) is 0 Å². The Morgan fingerprint density at radius 3 is 1.62 bits per heavy atom. The van der Waals surface area contributed by atoms with Crippen molar-refractivity contribution < 1.29 is 4.43 Å². The van der Waals surface area contributed by atoms with Crippen molar-refractivity contribution in [2.45, 2.75) is 44.8 Å². The molecule has 1 fully saturated rings. The molecular formula is C25H32OSi3. The lowest BCUT2D eigenvalue weighted by Crippen LogP contribution is -2.86. The molecule has 3 aromatic rings. The van der Waals surface area contributed by atoms with E-state index >= 15 is 0 Å². The minimum absolute atomic E-state index is 0.239. The smallest absolute Gasteiger partial charge is 0.205 e. The van der Waals surface area contributed by atoms with E-state index in [4.69, 9.17) is 4.43 Å². The molecule has 1 nitrogen and oxygen atoms in total. The molecule has 0 bridgehead atoms. The Kier molecular flexibility index (Phi) is 5.10. The van der Waals surface area contributed by atoms with Gasteiger partial charge in [-0.3, -0.25) is 0 Å². The second-order valence-corrected chi connectivity index (χ2v) is 34.5. The number of benzene rings is 3. The maximum atomic E-state index is 7.40. The summed E-state index contributed by atoms with van der Waals surface area (Å²) in [5.74, 6) is 0. The first-order valence-corrected chi connectivity index (χ1v) is 20.7. The van der Waals surface area contributed by atoms with Gasteiger partial charge in [-0.1, -0.05) is 116 Å². The lowest BCUT2D eigenvalue weighted by atomic mass is 9.98. The number of hydrogen-bond donors (Lipinski definition) is 0. The van der Waals surface area contributed by atoms with E-state index in [-0.39, 0.29) is 5.60 Å². The highest BCUT2D eigenvalue weighted by Gasteiger charge is 2.66. The van der Waals surface area contributed by atoms with Crippen LogP contribution in [0.25, 0.3) is 0 Å². The van der Waals surface area contributed by atoms with E-state index in [0.29, 0.717) is 0 Å². The van der Waals surface area contributed by atoms with E-state index in [0.717, 1.165) is 6.04 Å².